The van der Waals surface area contributed by atoms with Gasteiger partial charge < -0.3 is 15.4 Å². The third kappa shape index (κ3) is 4.10. The summed E-state index contributed by atoms with van der Waals surface area (Å²) in [6, 6.07) is 0.652. The van der Waals surface area contributed by atoms with Crippen molar-refractivity contribution in [3.63, 3.8) is 0 Å². The molecule has 1 aliphatic carbocycles. The first-order chi connectivity index (χ1) is 6.86. The summed E-state index contributed by atoms with van der Waals surface area (Å²) in [7, 11) is 0. The zero-order valence-electron chi connectivity index (χ0n) is 8.88. The molecule has 0 radical (unpaired) electrons. The summed E-state index contributed by atoms with van der Waals surface area (Å²) in [4.78, 5) is 0. The lowest BCUT2D eigenvalue weighted by Crippen LogP contribution is -2.47. The van der Waals surface area contributed by atoms with Crippen molar-refractivity contribution in [2.75, 3.05) is 26.2 Å². The SMILES string of the molecule is C#CCNCCNC1CC(OCC)C1. The average molecular weight is 196 g/mol. The van der Waals surface area contributed by atoms with Crippen molar-refractivity contribution in [2.45, 2.75) is 31.9 Å². The van der Waals surface area contributed by atoms with E-state index in [4.69, 9.17) is 11.2 Å². The van der Waals surface area contributed by atoms with Gasteiger partial charge in [-0.2, -0.15) is 0 Å². The van der Waals surface area contributed by atoms with Crippen molar-refractivity contribution in [3.8, 4) is 12.3 Å². The molecule has 2 N–H and O–H groups in total. The van der Waals surface area contributed by atoms with Gasteiger partial charge >= 0.3 is 0 Å². The van der Waals surface area contributed by atoms with E-state index in [0.29, 0.717) is 18.7 Å². The molecule has 0 bridgehead atoms. The highest BCUT2D eigenvalue weighted by atomic mass is 16.5. The number of terminal acetylenes is 1. The molecular formula is C11H20N2O. The van der Waals surface area contributed by atoms with E-state index < -0.39 is 0 Å². The second-order valence-corrected chi connectivity index (χ2v) is 3.58. The molecule has 0 aliphatic heterocycles. The molecule has 0 saturated heterocycles. The highest BCUT2D eigenvalue weighted by Crippen LogP contribution is 2.22. The molecule has 1 fully saturated rings. The Morgan fingerprint density at radius 3 is 2.86 bits per heavy atom. The molecule has 3 heteroatoms. The first-order valence-corrected chi connectivity index (χ1v) is 5.36. The van der Waals surface area contributed by atoms with Crippen LogP contribution in [-0.4, -0.2) is 38.4 Å². The summed E-state index contributed by atoms with van der Waals surface area (Å²) in [5.74, 6) is 2.55. The van der Waals surface area contributed by atoms with E-state index in [-0.39, 0.29) is 0 Å². The second kappa shape index (κ2) is 6.83. The monoisotopic (exact) mass is 196 g/mol. The lowest BCUT2D eigenvalue weighted by Gasteiger charge is -2.35. The Bertz CT molecular complexity index is 182. The van der Waals surface area contributed by atoms with Crippen molar-refractivity contribution in [1.82, 2.24) is 10.6 Å². The Hall–Kier alpha value is -0.560. The smallest absolute Gasteiger partial charge is 0.0604 e. The molecule has 1 rings (SSSR count). The molecule has 80 valence electrons. The molecule has 14 heavy (non-hydrogen) atoms. The highest BCUT2D eigenvalue weighted by Gasteiger charge is 2.28. The van der Waals surface area contributed by atoms with Gasteiger partial charge in [0, 0.05) is 25.7 Å². The zero-order valence-corrected chi connectivity index (χ0v) is 8.88. The number of ether oxygens (including phenoxy) is 1. The standard InChI is InChI=1S/C11H20N2O/c1-3-5-12-6-7-13-10-8-11(9-10)14-4-2/h1,10-13H,4-9H2,2H3. The minimum atomic E-state index is 0.496. The van der Waals surface area contributed by atoms with E-state index in [2.05, 4.69) is 16.6 Å². The minimum absolute atomic E-state index is 0.496. The van der Waals surface area contributed by atoms with E-state index in [1.807, 2.05) is 6.92 Å². The van der Waals surface area contributed by atoms with Crippen LogP contribution >= 0.6 is 0 Å². The highest BCUT2D eigenvalue weighted by molar-refractivity contribution is 4.88. The van der Waals surface area contributed by atoms with Crippen molar-refractivity contribution in [1.29, 1.82) is 0 Å². The van der Waals surface area contributed by atoms with Crippen LogP contribution < -0.4 is 10.6 Å². The first-order valence-electron chi connectivity index (χ1n) is 5.36. The lowest BCUT2D eigenvalue weighted by molar-refractivity contribution is -0.00958. The van der Waals surface area contributed by atoms with E-state index in [1.54, 1.807) is 0 Å². The van der Waals surface area contributed by atoms with Crippen LogP contribution in [0.3, 0.4) is 0 Å². The quantitative estimate of drug-likeness (QED) is 0.456. The summed E-state index contributed by atoms with van der Waals surface area (Å²) in [6.45, 7) is 5.48. The molecule has 0 atom stereocenters. The Labute approximate surface area is 86.6 Å². The van der Waals surface area contributed by atoms with Gasteiger partial charge in [-0.1, -0.05) is 5.92 Å². The van der Waals surface area contributed by atoms with Gasteiger partial charge in [-0.3, -0.25) is 0 Å². The first kappa shape index (κ1) is 11.5. The minimum Gasteiger partial charge on any atom is -0.378 e. The summed E-state index contributed by atoms with van der Waals surface area (Å²) in [5.41, 5.74) is 0. The Morgan fingerprint density at radius 2 is 2.21 bits per heavy atom. The van der Waals surface area contributed by atoms with Crippen LogP contribution in [0.4, 0.5) is 0 Å². The van der Waals surface area contributed by atoms with Crippen molar-refractivity contribution < 1.29 is 4.74 Å². The Morgan fingerprint density at radius 1 is 1.43 bits per heavy atom. The van der Waals surface area contributed by atoms with Crippen LogP contribution in [0.5, 0.6) is 0 Å². The van der Waals surface area contributed by atoms with Gasteiger partial charge in [0.05, 0.1) is 12.6 Å². The molecule has 0 aromatic rings. The van der Waals surface area contributed by atoms with Crippen molar-refractivity contribution in [3.05, 3.63) is 0 Å². The lowest BCUT2D eigenvalue weighted by atomic mass is 9.89. The van der Waals surface area contributed by atoms with Crippen LogP contribution in [0.25, 0.3) is 0 Å². The largest absolute Gasteiger partial charge is 0.378 e. The van der Waals surface area contributed by atoms with Gasteiger partial charge in [-0.25, -0.2) is 0 Å². The summed E-state index contributed by atoms with van der Waals surface area (Å²) in [5, 5.41) is 6.60. The Kier molecular flexibility index (Phi) is 5.62. The molecule has 1 saturated carbocycles. The van der Waals surface area contributed by atoms with Crippen LogP contribution in [0, 0.1) is 12.3 Å². The fourth-order valence-corrected chi connectivity index (χ4v) is 1.63. The number of nitrogens with one attached hydrogen (secondary N) is 2. The van der Waals surface area contributed by atoms with Gasteiger partial charge in [0.2, 0.25) is 0 Å². The third-order valence-electron chi connectivity index (χ3n) is 2.46. The molecule has 3 nitrogen and oxygen atoms in total. The van der Waals surface area contributed by atoms with Gasteiger partial charge in [-0.15, -0.1) is 6.42 Å². The van der Waals surface area contributed by atoms with Gasteiger partial charge in [0.25, 0.3) is 0 Å². The molecule has 1 aliphatic rings. The summed E-state index contributed by atoms with van der Waals surface area (Å²) < 4.78 is 5.47. The van der Waals surface area contributed by atoms with Gasteiger partial charge in [-0.05, 0) is 19.8 Å². The third-order valence-corrected chi connectivity index (χ3v) is 2.46. The predicted molar refractivity (Wildman–Crippen MR) is 58.1 cm³/mol. The average Bonchev–Trinajstić information content (AvgIpc) is 2.13. The van der Waals surface area contributed by atoms with Crippen LogP contribution in [-0.2, 0) is 4.74 Å². The maximum Gasteiger partial charge on any atom is 0.0604 e. The number of rotatable bonds is 7. The summed E-state index contributed by atoms with van der Waals surface area (Å²) in [6.07, 6.45) is 7.92. The van der Waals surface area contributed by atoms with Gasteiger partial charge in [0.15, 0.2) is 0 Å². The molecule has 0 heterocycles. The van der Waals surface area contributed by atoms with Crippen molar-refractivity contribution in [2.24, 2.45) is 0 Å². The van der Waals surface area contributed by atoms with Crippen LogP contribution in [0.1, 0.15) is 19.8 Å². The summed E-state index contributed by atoms with van der Waals surface area (Å²) >= 11 is 0. The fraction of sp³-hybridized carbons (Fsp3) is 0.818. The van der Waals surface area contributed by atoms with E-state index in [1.165, 1.54) is 0 Å². The molecule has 0 amide bonds. The maximum atomic E-state index is 5.47. The normalized spacial score (nSPS) is 25.4. The van der Waals surface area contributed by atoms with E-state index >= 15 is 0 Å². The van der Waals surface area contributed by atoms with E-state index in [9.17, 15) is 0 Å². The van der Waals surface area contributed by atoms with Crippen LogP contribution in [0.15, 0.2) is 0 Å². The molecule has 0 spiro atoms. The molecule has 0 aromatic heterocycles. The topological polar surface area (TPSA) is 33.3 Å². The molecule has 0 unspecified atom stereocenters. The van der Waals surface area contributed by atoms with Crippen LogP contribution in [0.2, 0.25) is 0 Å². The van der Waals surface area contributed by atoms with E-state index in [0.717, 1.165) is 32.5 Å². The fourth-order valence-electron chi connectivity index (χ4n) is 1.63. The number of hydrogen-bond donors (Lipinski definition) is 2. The predicted octanol–water partition coefficient (Wildman–Crippen LogP) is 0.366. The Balaban J connectivity index is 1.84. The van der Waals surface area contributed by atoms with Crippen molar-refractivity contribution >= 4 is 0 Å². The zero-order chi connectivity index (χ0) is 10.2. The molecular weight excluding hydrogens is 176 g/mol. The maximum absolute atomic E-state index is 5.47. The van der Waals surface area contributed by atoms with Gasteiger partial charge in [0.1, 0.15) is 0 Å². The molecule has 0 aromatic carbocycles. The second-order valence-electron chi connectivity index (χ2n) is 3.58. The number of hydrogen-bond acceptors (Lipinski definition) is 3.